The summed E-state index contributed by atoms with van der Waals surface area (Å²) in [4.78, 5) is 27.9. The van der Waals surface area contributed by atoms with E-state index in [-0.39, 0.29) is 5.91 Å². The molecule has 1 aromatic carbocycles. The van der Waals surface area contributed by atoms with Crippen LogP contribution < -0.4 is 16.4 Å². The van der Waals surface area contributed by atoms with Crippen molar-refractivity contribution in [1.82, 2.24) is 15.5 Å². The average Bonchev–Trinajstić information content (AvgIpc) is 3.17. The fourth-order valence-electron chi connectivity index (χ4n) is 3.05. The Morgan fingerprint density at radius 1 is 1.29 bits per heavy atom. The number of carbonyl (C=O) groups is 2. The molecule has 4 N–H and O–H groups in total. The van der Waals surface area contributed by atoms with Crippen LogP contribution in [0.1, 0.15) is 47.8 Å². The van der Waals surface area contributed by atoms with Crippen molar-refractivity contribution in [2.45, 2.75) is 38.1 Å². The summed E-state index contributed by atoms with van der Waals surface area (Å²) < 4.78 is 5.08. The number of aromatic nitrogens is 2. The zero-order valence-corrected chi connectivity index (χ0v) is 13.3. The molecule has 0 atom stereocenters. The van der Waals surface area contributed by atoms with E-state index in [9.17, 15) is 9.59 Å². The molecule has 0 spiro atoms. The standard InChI is InChI=1S/C16H19N5O3/c1-10-18-14(21-24-10)16(7-2-3-8-16)20-13(22)11-5-4-6-12(9-11)19-15(17)23/h4-6,9H,2-3,7-8H2,1H3,(H,20,22)(H3,17,19,23). The monoisotopic (exact) mass is 329 g/mol. The maximum absolute atomic E-state index is 12.7. The van der Waals surface area contributed by atoms with Crippen LogP contribution in [0.15, 0.2) is 28.8 Å². The van der Waals surface area contributed by atoms with Crippen molar-refractivity contribution in [2.75, 3.05) is 5.32 Å². The van der Waals surface area contributed by atoms with Gasteiger partial charge in [0, 0.05) is 18.2 Å². The highest BCUT2D eigenvalue weighted by molar-refractivity contribution is 5.97. The topological polar surface area (TPSA) is 123 Å². The maximum Gasteiger partial charge on any atom is 0.316 e. The second kappa shape index (κ2) is 6.31. The van der Waals surface area contributed by atoms with Crippen LogP contribution in [0.5, 0.6) is 0 Å². The number of rotatable bonds is 4. The van der Waals surface area contributed by atoms with Crippen LogP contribution in [-0.4, -0.2) is 22.1 Å². The van der Waals surface area contributed by atoms with Gasteiger partial charge in [-0.2, -0.15) is 4.98 Å². The average molecular weight is 329 g/mol. The van der Waals surface area contributed by atoms with E-state index in [4.69, 9.17) is 10.3 Å². The zero-order valence-electron chi connectivity index (χ0n) is 13.3. The number of urea groups is 1. The first-order valence-corrected chi connectivity index (χ1v) is 7.78. The third kappa shape index (κ3) is 3.22. The molecule has 0 aliphatic heterocycles. The molecule has 1 aliphatic carbocycles. The molecular weight excluding hydrogens is 310 g/mol. The van der Waals surface area contributed by atoms with Crippen molar-refractivity contribution < 1.29 is 14.1 Å². The smallest absolute Gasteiger partial charge is 0.316 e. The first-order valence-electron chi connectivity index (χ1n) is 7.78. The molecule has 0 saturated heterocycles. The van der Waals surface area contributed by atoms with Gasteiger partial charge in [-0.05, 0) is 31.0 Å². The molecule has 3 rings (SSSR count). The summed E-state index contributed by atoms with van der Waals surface area (Å²) in [6.07, 6.45) is 3.49. The third-order valence-electron chi connectivity index (χ3n) is 4.16. The van der Waals surface area contributed by atoms with Crippen molar-refractivity contribution in [2.24, 2.45) is 5.73 Å². The Morgan fingerprint density at radius 2 is 2.04 bits per heavy atom. The highest BCUT2D eigenvalue weighted by atomic mass is 16.5. The van der Waals surface area contributed by atoms with Crippen LogP contribution in [0.3, 0.4) is 0 Å². The predicted molar refractivity (Wildman–Crippen MR) is 86.3 cm³/mol. The Kier molecular flexibility index (Phi) is 4.20. The molecule has 8 heteroatoms. The van der Waals surface area contributed by atoms with Gasteiger partial charge in [0.15, 0.2) is 5.82 Å². The second-order valence-electron chi connectivity index (χ2n) is 5.95. The number of aryl methyl sites for hydroxylation is 1. The van der Waals surface area contributed by atoms with Gasteiger partial charge in [-0.1, -0.05) is 24.1 Å². The molecule has 2 aromatic rings. The highest BCUT2D eigenvalue weighted by Gasteiger charge is 2.41. The second-order valence-corrected chi connectivity index (χ2v) is 5.95. The number of amides is 3. The van der Waals surface area contributed by atoms with E-state index in [1.165, 1.54) is 0 Å². The maximum atomic E-state index is 12.7. The number of primary amides is 1. The van der Waals surface area contributed by atoms with E-state index in [0.29, 0.717) is 23.0 Å². The van der Waals surface area contributed by atoms with Gasteiger partial charge in [0.25, 0.3) is 5.91 Å². The van der Waals surface area contributed by atoms with Gasteiger partial charge in [0.2, 0.25) is 5.89 Å². The third-order valence-corrected chi connectivity index (χ3v) is 4.16. The van der Waals surface area contributed by atoms with Gasteiger partial charge in [-0.15, -0.1) is 0 Å². The van der Waals surface area contributed by atoms with Gasteiger partial charge in [0.1, 0.15) is 5.54 Å². The van der Waals surface area contributed by atoms with Crippen LogP contribution in [0.2, 0.25) is 0 Å². The van der Waals surface area contributed by atoms with Crippen molar-refractivity contribution in [1.29, 1.82) is 0 Å². The van der Waals surface area contributed by atoms with Gasteiger partial charge in [-0.3, -0.25) is 4.79 Å². The lowest BCUT2D eigenvalue weighted by molar-refractivity contribution is 0.0892. The van der Waals surface area contributed by atoms with Crippen molar-refractivity contribution >= 4 is 17.6 Å². The predicted octanol–water partition coefficient (Wildman–Crippen LogP) is 2.07. The number of hydrogen-bond acceptors (Lipinski definition) is 5. The number of benzene rings is 1. The van der Waals surface area contributed by atoms with E-state index in [0.717, 1.165) is 25.7 Å². The lowest BCUT2D eigenvalue weighted by Gasteiger charge is -2.26. The molecule has 1 aromatic heterocycles. The number of nitrogens with two attached hydrogens (primary N) is 1. The molecule has 1 fully saturated rings. The normalized spacial score (nSPS) is 15.9. The number of hydrogen-bond donors (Lipinski definition) is 3. The van der Waals surface area contributed by atoms with E-state index < -0.39 is 11.6 Å². The molecule has 1 heterocycles. The number of nitrogens with zero attached hydrogens (tertiary/aromatic N) is 2. The Morgan fingerprint density at radius 3 is 2.67 bits per heavy atom. The van der Waals surface area contributed by atoms with E-state index in [1.54, 1.807) is 31.2 Å². The molecule has 0 bridgehead atoms. The Labute approximate surface area is 138 Å². The van der Waals surface area contributed by atoms with Crippen LogP contribution in [0.4, 0.5) is 10.5 Å². The summed E-state index contributed by atoms with van der Waals surface area (Å²) in [6.45, 7) is 1.72. The van der Waals surface area contributed by atoms with Crippen LogP contribution in [0.25, 0.3) is 0 Å². The lowest BCUT2D eigenvalue weighted by Crippen LogP contribution is -2.44. The summed E-state index contributed by atoms with van der Waals surface area (Å²) in [5.41, 5.74) is 5.38. The fourth-order valence-corrected chi connectivity index (χ4v) is 3.05. The van der Waals surface area contributed by atoms with Crippen molar-refractivity contribution in [3.63, 3.8) is 0 Å². The van der Waals surface area contributed by atoms with E-state index >= 15 is 0 Å². The summed E-state index contributed by atoms with van der Waals surface area (Å²) in [5, 5.41) is 9.51. The number of nitrogens with one attached hydrogen (secondary N) is 2. The van der Waals surface area contributed by atoms with Crippen LogP contribution in [-0.2, 0) is 5.54 Å². The number of anilines is 1. The molecule has 24 heavy (non-hydrogen) atoms. The molecule has 3 amide bonds. The molecule has 8 nitrogen and oxygen atoms in total. The first-order chi connectivity index (χ1) is 11.5. The summed E-state index contributed by atoms with van der Waals surface area (Å²) in [7, 11) is 0. The SMILES string of the molecule is Cc1nc(C2(NC(=O)c3cccc(NC(N)=O)c3)CCCC2)no1. The minimum atomic E-state index is -0.679. The van der Waals surface area contributed by atoms with E-state index in [1.807, 2.05) is 0 Å². The van der Waals surface area contributed by atoms with Crippen LogP contribution in [0, 0.1) is 6.92 Å². The molecule has 1 saturated carbocycles. The van der Waals surface area contributed by atoms with Crippen molar-refractivity contribution in [3.05, 3.63) is 41.5 Å². The Bertz CT molecular complexity index is 765. The lowest BCUT2D eigenvalue weighted by atomic mass is 9.96. The van der Waals surface area contributed by atoms with Gasteiger partial charge in [0.05, 0.1) is 0 Å². The zero-order chi connectivity index (χ0) is 17.2. The fraction of sp³-hybridized carbons (Fsp3) is 0.375. The van der Waals surface area contributed by atoms with Gasteiger partial charge in [-0.25, -0.2) is 4.79 Å². The summed E-state index contributed by atoms with van der Waals surface area (Å²) in [6, 6.07) is 5.91. The van der Waals surface area contributed by atoms with Gasteiger partial charge < -0.3 is 20.9 Å². The van der Waals surface area contributed by atoms with Gasteiger partial charge >= 0.3 is 6.03 Å². The largest absolute Gasteiger partial charge is 0.351 e. The summed E-state index contributed by atoms with van der Waals surface area (Å²) >= 11 is 0. The number of carbonyl (C=O) groups excluding carboxylic acids is 2. The van der Waals surface area contributed by atoms with Crippen molar-refractivity contribution in [3.8, 4) is 0 Å². The minimum Gasteiger partial charge on any atom is -0.351 e. The molecule has 126 valence electrons. The van der Waals surface area contributed by atoms with Crippen LogP contribution >= 0.6 is 0 Å². The summed E-state index contributed by atoms with van der Waals surface area (Å²) in [5.74, 6) is 0.725. The molecule has 1 aliphatic rings. The molecular formula is C16H19N5O3. The molecule has 0 radical (unpaired) electrons. The first kappa shape index (κ1) is 16.0. The Hall–Kier alpha value is -2.90. The quantitative estimate of drug-likeness (QED) is 0.792. The molecule has 0 unspecified atom stereocenters. The highest BCUT2D eigenvalue weighted by Crippen LogP contribution is 2.37. The Balaban J connectivity index is 1.83. The minimum absolute atomic E-state index is 0.257. The van der Waals surface area contributed by atoms with E-state index in [2.05, 4.69) is 20.8 Å².